The first kappa shape index (κ1) is 15.0. The van der Waals surface area contributed by atoms with Gasteiger partial charge in [0.1, 0.15) is 5.75 Å². The molecular formula is C15H12ClNO4. The van der Waals surface area contributed by atoms with Crippen molar-refractivity contribution in [1.29, 1.82) is 0 Å². The van der Waals surface area contributed by atoms with Crippen molar-refractivity contribution in [3.05, 3.63) is 62.7 Å². The number of rotatable bonds is 5. The monoisotopic (exact) mass is 305 g/mol. The van der Waals surface area contributed by atoms with Gasteiger partial charge in [0, 0.05) is 17.7 Å². The molecule has 0 aliphatic rings. The first-order chi connectivity index (χ1) is 10.0. The SMILES string of the molecule is CCc1ccc(Oc2ccc(C=O)c(Cl)c2)c([N+](=O)[O-])c1. The molecule has 0 unspecified atom stereocenters. The van der Waals surface area contributed by atoms with Crippen molar-refractivity contribution in [2.45, 2.75) is 13.3 Å². The summed E-state index contributed by atoms with van der Waals surface area (Å²) in [6, 6.07) is 9.28. The van der Waals surface area contributed by atoms with Crippen LogP contribution in [0, 0.1) is 10.1 Å². The van der Waals surface area contributed by atoms with E-state index < -0.39 is 4.92 Å². The minimum atomic E-state index is -0.490. The summed E-state index contributed by atoms with van der Waals surface area (Å²) in [6.45, 7) is 1.91. The third-order valence-electron chi connectivity index (χ3n) is 2.95. The Morgan fingerprint density at radius 2 is 2.05 bits per heavy atom. The average molecular weight is 306 g/mol. The molecule has 2 aromatic carbocycles. The molecule has 5 nitrogen and oxygen atoms in total. The van der Waals surface area contributed by atoms with E-state index in [1.807, 2.05) is 6.92 Å². The van der Waals surface area contributed by atoms with E-state index in [1.54, 1.807) is 12.1 Å². The lowest BCUT2D eigenvalue weighted by Crippen LogP contribution is -1.95. The average Bonchev–Trinajstić information content (AvgIpc) is 2.47. The van der Waals surface area contributed by atoms with Gasteiger partial charge in [0.15, 0.2) is 6.29 Å². The van der Waals surface area contributed by atoms with E-state index in [4.69, 9.17) is 16.3 Å². The summed E-state index contributed by atoms with van der Waals surface area (Å²) in [5.41, 5.74) is 1.08. The Bertz CT molecular complexity index is 700. The molecule has 0 aromatic heterocycles. The lowest BCUT2D eigenvalue weighted by Gasteiger charge is -2.08. The van der Waals surface area contributed by atoms with Crippen LogP contribution in [0.25, 0.3) is 0 Å². The second kappa shape index (κ2) is 6.37. The molecular weight excluding hydrogens is 294 g/mol. The molecule has 0 fully saturated rings. The van der Waals surface area contributed by atoms with Crippen LogP contribution in [0.4, 0.5) is 5.69 Å². The van der Waals surface area contributed by atoms with Gasteiger partial charge in [-0.2, -0.15) is 0 Å². The lowest BCUT2D eigenvalue weighted by atomic mass is 10.1. The molecule has 0 spiro atoms. The predicted molar refractivity (Wildman–Crippen MR) is 79.4 cm³/mol. The lowest BCUT2D eigenvalue weighted by molar-refractivity contribution is -0.385. The first-order valence-electron chi connectivity index (χ1n) is 6.25. The van der Waals surface area contributed by atoms with Crippen LogP contribution in [-0.4, -0.2) is 11.2 Å². The molecule has 0 atom stereocenters. The molecule has 0 aliphatic carbocycles. The molecule has 0 N–H and O–H groups in total. The van der Waals surface area contributed by atoms with Gasteiger partial charge in [-0.3, -0.25) is 14.9 Å². The zero-order valence-corrected chi connectivity index (χ0v) is 12.0. The largest absolute Gasteiger partial charge is 0.450 e. The molecule has 0 saturated heterocycles. The maximum atomic E-state index is 11.1. The quantitative estimate of drug-likeness (QED) is 0.466. The fourth-order valence-electron chi connectivity index (χ4n) is 1.81. The summed E-state index contributed by atoms with van der Waals surface area (Å²) in [7, 11) is 0. The van der Waals surface area contributed by atoms with Crippen molar-refractivity contribution in [3.8, 4) is 11.5 Å². The predicted octanol–water partition coefficient (Wildman–Crippen LogP) is 4.42. The maximum absolute atomic E-state index is 11.1. The molecule has 0 amide bonds. The van der Waals surface area contributed by atoms with Crippen molar-refractivity contribution in [2.75, 3.05) is 0 Å². The zero-order chi connectivity index (χ0) is 15.4. The summed E-state index contributed by atoms with van der Waals surface area (Å²) < 4.78 is 5.51. The number of hydrogen-bond acceptors (Lipinski definition) is 4. The van der Waals surface area contributed by atoms with Gasteiger partial charge in [0.05, 0.1) is 9.95 Å². The van der Waals surface area contributed by atoms with Crippen LogP contribution in [0.5, 0.6) is 11.5 Å². The number of nitrogens with zero attached hydrogens (tertiary/aromatic N) is 1. The highest BCUT2D eigenvalue weighted by molar-refractivity contribution is 6.33. The van der Waals surface area contributed by atoms with Crippen molar-refractivity contribution in [2.24, 2.45) is 0 Å². The van der Waals surface area contributed by atoms with Crippen molar-refractivity contribution in [3.63, 3.8) is 0 Å². The highest BCUT2D eigenvalue weighted by Gasteiger charge is 2.16. The van der Waals surface area contributed by atoms with Crippen LogP contribution in [0.3, 0.4) is 0 Å². The molecule has 0 aliphatic heterocycles. The van der Waals surface area contributed by atoms with Gasteiger partial charge in [0.25, 0.3) is 0 Å². The van der Waals surface area contributed by atoms with Gasteiger partial charge < -0.3 is 4.74 Å². The number of nitro benzene ring substituents is 1. The van der Waals surface area contributed by atoms with E-state index in [0.29, 0.717) is 24.0 Å². The van der Waals surface area contributed by atoms with Crippen LogP contribution < -0.4 is 4.74 Å². The molecule has 0 radical (unpaired) electrons. The van der Waals surface area contributed by atoms with Crippen LogP contribution in [0.2, 0.25) is 5.02 Å². The molecule has 2 aromatic rings. The van der Waals surface area contributed by atoms with Crippen molar-refractivity contribution < 1.29 is 14.5 Å². The topological polar surface area (TPSA) is 69.4 Å². The molecule has 6 heteroatoms. The Balaban J connectivity index is 2.37. The van der Waals surface area contributed by atoms with Gasteiger partial charge in [-0.15, -0.1) is 0 Å². The highest BCUT2D eigenvalue weighted by Crippen LogP contribution is 2.33. The van der Waals surface area contributed by atoms with Gasteiger partial charge in [-0.05, 0) is 30.2 Å². The second-order valence-electron chi connectivity index (χ2n) is 4.32. The summed E-state index contributed by atoms with van der Waals surface area (Å²) >= 11 is 5.90. The molecule has 0 heterocycles. The van der Waals surface area contributed by atoms with Gasteiger partial charge in [-0.1, -0.05) is 24.6 Å². The standard InChI is InChI=1S/C15H12ClNO4/c1-2-10-3-6-15(14(7-10)17(19)20)21-12-5-4-11(9-18)13(16)8-12/h3-9H,2H2,1H3. The fourth-order valence-corrected chi connectivity index (χ4v) is 2.02. The van der Waals surface area contributed by atoms with E-state index in [0.717, 1.165) is 5.56 Å². The molecule has 0 bridgehead atoms. The normalized spacial score (nSPS) is 10.2. The first-order valence-corrected chi connectivity index (χ1v) is 6.63. The number of hydrogen-bond donors (Lipinski definition) is 0. The summed E-state index contributed by atoms with van der Waals surface area (Å²) in [5.74, 6) is 0.463. The Labute approximate surface area is 126 Å². The Morgan fingerprint density at radius 3 is 2.62 bits per heavy atom. The van der Waals surface area contributed by atoms with Crippen molar-refractivity contribution >= 4 is 23.6 Å². The van der Waals surface area contributed by atoms with Gasteiger partial charge in [0.2, 0.25) is 5.75 Å². The number of aldehydes is 1. The Morgan fingerprint density at radius 1 is 1.29 bits per heavy atom. The number of aryl methyl sites for hydroxylation is 1. The third kappa shape index (κ3) is 3.38. The Kier molecular flexibility index (Phi) is 4.55. The molecule has 21 heavy (non-hydrogen) atoms. The fraction of sp³-hybridized carbons (Fsp3) is 0.133. The molecule has 108 valence electrons. The third-order valence-corrected chi connectivity index (χ3v) is 3.28. The minimum Gasteiger partial charge on any atom is -0.450 e. The molecule has 2 rings (SSSR count). The second-order valence-corrected chi connectivity index (χ2v) is 4.72. The number of ether oxygens (including phenoxy) is 1. The number of nitro groups is 1. The number of carbonyl (C=O) groups excluding carboxylic acids is 1. The van der Waals surface area contributed by atoms with E-state index in [9.17, 15) is 14.9 Å². The van der Waals surface area contributed by atoms with Crippen LogP contribution >= 0.6 is 11.6 Å². The minimum absolute atomic E-state index is 0.107. The van der Waals surface area contributed by atoms with Gasteiger partial charge in [-0.25, -0.2) is 0 Å². The smallest absolute Gasteiger partial charge is 0.311 e. The zero-order valence-electron chi connectivity index (χ0n) is 11.2. The maximum Gasteiger partial charge on any atom is 0.311 e. The van der Waals surface area contributed by atoms with E-state index in [-0.39, 0.29) is 16.5 Å². The van der Waals surface area contributed by atoms with Gasteiger partial charge >= 0.3 is 5.69 Å². The van der Waals surface area contributed by atoms with Crippen LogP contribution in [0.1, 0.15) is 22.8 Å². The van der Waals surface area contributed by atoms with E-state index in [2.05, 4.69) is 0 Å². The summed E-state index contributed by atoms with van der Waals surface area (Å²) in [4.78, 5) is 21.3. The summed E-state index contributed by atoms with van der Waals surface area (Å²) in [6.07, 6.45) is 1.32. The van der Waals surface area contributed by atoms with Crippen LogP contribution in [0.15, 0.2) is 36.4 Å². The summed E-state index contributed by atoms with van der Waals surface area (Å²) in [5, 5.41) is 11.3. The number of carbonyl (C=O) groups is 1. The molecule has 0 saturated carbocycles. The van der Waals surface area contributed by atoms with Crippen molar-refractivity contribution in [1.82, 2.24) is 0 Å². The number of benzene rings is 2. The highest BCUT2D eigenvalue weighted by atomic mass is 35.5. The van der Waals surface area contributed by atoms with Crippen LogP contribution in [-0.2, 0) is 6.42 Å². The van der Waals surface area contributed by atoms with E-state index in [1.165, 1.54) is 24.3 Å². The van der Waals surface area contributed by atoms with E-state index >= 15 is 0 Å². The number of halogens is 1. The Hall–Kier alpha value is -2.40.